The van der Waals surface area contributed by atoms with Crippen LogP contribution in [-0.4, -0.2) is 121 Å². The van der Waals surface area contributed by atoms with Gasteiger partial charge in [0.1, 0.15) is 0 Å². The van der Waals surface area contributed by atoms with Gasteiger partial charge in [-0.05, 0) is 97.7 Å². The lowest BCUT2D eigenvalue weighted by Gasteiger charge is -2.35. The van der Waals surface area contributed by atoms with Gasteiger partial charge in [0.05, 0.1) is 93.5 Å². The molecule has 73 heavy (non-hydrogen) atoms. The molecule has 4 aromatic carbocycles. The molecule has 0 aliphatic carbocycles. The molecule has 0 radical (unpaired) electrons. The van der Waals surface area contributed by atoms with Crippen LogP contribution in [0.2, 0.25) is 0 Å². The summed E-state index contributed by atoms with van der Waals surface area (Å²) in [6.45, 7) is 4.55. The fraction of sp³-hybridized carbons (Fsp3) is 0.314. The van der Waals surface area contributed by atoms with Crippen molar-refractivity contribution in [1.82, 2.24) is 30.2 Å². The normalized spacial score (nSPS) is 19.5. The van der Waals surface area contributed by atoms with Crippen LogP contribution in [-0.2, 0) is 26.7 Å². The highest BCUT2D eigenvalue weighted by Gasteiger charge is 2.47. The number of rotatable bonds is 12. The third-order valence-corrected chi connectivity index (χ3v) is 13.3. The molecule has 22 heteroatoms. The Bertz CT molecular complexity index is 2750. The quantitative estimate of drug-likeness (QED) is 0.0982. The van der Waals surface area contributed by atoms with Crippen molar-refractivity contribution in [2.45, 2.75) is 37.3 Å². The SMILES string of the molecule is N#Cc1ccc([C@H]2NC(=O)N(c3cccc(C(F)(F)F)c3)C3=C2C(=O)N(CCCN2CCN(CCCN4CC5=C(C4=O)[C@@H](c4ccc(C#N)cc4)NC(=O)N5c4cccc(C(F)(F)F)c4)CC2)C3)cc1.O=CO. The minimum atomic E-state index is -4.66. The molecule has 1 fully saturated rings. The molecule has 6 amide bonds. The Kier molecular flexibility index (Phi) is 14.9. The Morgan fingerprint density at radius 1 is 0.575 bits per heavy atom. The van der Waals surface area contributed by atoms with Gasteiger partial charge in [0.25, 0.3) is 18.3 Å². The Hall–Kier alpha value is -8.21. The summed E-state index contributed by atoms with van der Waals surface area (Å²) < 4.78 is 82.5. The van der Waals surface area contributed by atoms with Gasteiger partial charge in [-0.15, -0.1) is 0 Å². The fourth-order valence-electron chi connectivity index (χ4n) is 9.75. The van der Waals surface area contributed by atoms with Crippen molar-refractivity contribution < 1.29 is 55.4 Å². The number of hydrogen-bond donors (Lipinski definition) is 3. The lowest BCUT2D eigenvalue weighted by molar-refractivity contribution is -0.138. The first-order chi connectivity index (χ1) is 34.9. The maximum Gasteiger partial charge on any atom is 0.416 e. The smallest absolute Gasteiger partial charge is 0.416 e. The standard InChI is InChI=1S/C50H44F6N10O4.CH2O2/c51-49(52,53)35-5-1-7-37(25-35)65-39-29-63(45(67)41(39)43(59-47(65)69)33-13-9-31(27-57)10-14-33)19-3-17-61-21-23-62(24-22-61)18-4-20-64-30-40-42(46(64)68)44(34-15-11-32(28-58)12-16-34)60-48(70)66(40)38-8-2-6-36(26-38)50(54,55)56;2-1-3/h1-2,5-16,25-26,43-44H,3-4,17-24,29-30H2,(H,59,69)(H,60,70);1H,(H,2,3)/t43-,44-;/m1./s1. The highest BCUT2D eigenvalue weighted by atomic mass is 19.4. The largest absolute Gasteiger partial charge is 0.483 e. The summed E-state index contributed by atoms with van der Waals surface area (Å²) in [5.74, 6) is -0.704. The van der Waals surface area contributed by atoms with E-state index in [0.29, 0.717) is 61.3 Å². The number of carbonyl (C=O) groups excluding carboxylic acids is 4. The molecule has 0 saturated carbocycles. The Labute approximate surface area is 414 Å². The number of nitrogens with zero attached hydrogens (tertiary/aromatic N) is 8. The van der Waals surface area contributed by atoms with Crippen LogP contribution >= 0.6 is 0 Å². The molecule has 4 aromatic rings. The molecule has 5 heterocycles. The van der Waals surface area contributed by atoms with E-state index < -0.39 is 47.6 Å². The molecular weight excluding hydrogens is 963 g/mol. The van der Waals surface area contributed by atoms with Crippen LogP contribution in [0.3, 0.4) is 0 Å². The zero-order valence-electron chi connectivity index (χ0n) is 38.8. The number of urea groups is 2. The van der Waals surface area contributed by atoms with Gasteiger partial charge in [-0.3, -0.25) is 24.2 Å². The van der Waals surface area contributed by atoms with Gasteiger partial charge in [-0.1, -0.05) is 36.4 Å². The number of anilines is 2. The molecule has 0 aromatic heterocycles. The van der Waals surface area contributed by atoms with E-state index in [4.69, 9.17) is 9.90 Å². The molecule has 16 nitrogen and oxygen atoms in total. The summed E-state index contributed by atoms with van der Waals surface area (Å²) in [7, 11) is 0. The summed E-state index contributed by atoms with van der Waals surface area (Å²) in [6, 6.07) is 22.5. The Morgan fingerprint density at radius 2 is 0.932 bits per heavy atom. The monoisotopic (exact) mass is 1010 g/mol. The number of carboxylic acid groups (broad SMARTS) is 1. The first-order valence-corrected chi connectivity index (χ1v) is 23.1. The minimum Gasteiger partial charge on any atom is -0.483 e. The van der Waals surface area contributed by atoms with E-state index in [0.717, 1.165) is 60.2 Å². The average molecular weight is 1010 g/mol. The van der Waals surface area contributed by atoms with E-state index in [1.807, 2.05) is 12.1 Å². The summed E-state index contributed by atoms with van der Waals surface area (Å²) in [4.78, 5) is 74.0. The number of alkyl halides is 6. The summed E-state index contributed by atoms with van der Waals surface area (Å²) in [6.07, 6.45) is -8.17. The summed E-state index contributed by atoms with van der Waals surface area (Å²) in [5.41, 5.74) is 0.954. The van der Waals surface area contributed by atoms with E-state index in [1.165, 1.54) is 24.3 Å². The van der Waals surface area contributed by atoms with Crippen LogP contribution in [0.15, 0.2) is 120 Å². The highest BCUT2D eigenvalue weighted by molar-refractivity contribution is 6.08. The average Bonchev–Trinajstić information content (AvgIpc) is 3.88. The summed E-state index contributed by atoms with van der Waals surface area (Å²) >= 11 is 0. The third-order valence-electron chi connectivity index (χ3n) is 13.3. The van der Waals surface area contributed by atoms with Crippen molar-refractivity contribution >= 4 is 41.7 Å². The molecule has 3 N–H and O–H groups in total. The van der Waals surface area contributed by atoms with Gasteiger partial charge in [-0.2, -0.15) is 36.9 Å². The molecule has 2 atom stereocenters. The number of amides is 6. The first-order valence-electron chi connectivity index (χ1n) is 23.1. The molecular formula is C51H46F6N10O6. The van der Waals surface area contributed by atoms with E-state index in [-0.39, 0.29) is 65.3 Å². The van der Waals surface area contributed by atoms with Gasteiger partial charge in [0, 0.05) is 39.3 Å². The second kappa shape index (κ2) is 21.2. The zero-order valence-corrected chi connectivity index (χ0v) is 38.8. The van der Waals surface area contributed by atoms with Crippen LogP contribution in [0.5, 0.6) is 0 Å². The molecule has 9 rings (SSSR count). The van der Waals surface area contributed by atoms with Gasteiger partial charge in [0.2, 0.25) is 0 Å². The lowest BCUT2D eigenvalue weighted by Crippen LogP contribution is -2.47. The number of carbonyl (C=O) groups is 5. The van der Waals surface area contributed by atoms with Gasteiger partial charge in [0.15, 0.2) is 0 Å². The maximum atomic E-state index is 14.2. The van der Waals surface area contributed by atoms with Crippen molar-refractivity contribution in [3.63, 3.8) is 0 Å². The van der Waals surface area contributed by atoms with Crippen molar-refractivity contribution in [2.24, 2.45) is 0 Å². The van der Waals surface area contributed by atoms with Crippen LogP contribution in [0.4, 0.5) is 47.3 Å². The Balaban J connectivity index is 0.00000231. The molecule has 0 unspecified atom stereocenters. The fourth-order valence-corrected chi connectivity index (χ4v) is 9.75. The van der Waals surface area contributed by atoms with E-state index >= 15 is 0 Å². The number of piperazine rings is 1. The second-order valence-electron chi connectivity index (χ2n) is 17.7. The second-order valence-corrected chi connectivity index (χ2v) is 17.7. The zero-order chi connectivity index (χ0) is 52.2. The predicted octanol–water partition coefficient (Wildman–Crippen LogP) is 7.00. The van der Waals surface area contributed by atoms with E-state index in [2.05, 4.69) is 20.4 Å². The van der Waals surface area contributed by atoms with E-state index in [1.54, 1.807) is 58.3 Å². The number of nitrogens with one attached hydrogen (secondary N) is 2. The third kappa shape index (κ3) is 10.9. The summed E-state index contributed by atoms with van der Waals surface area (Å²) in [5, 5.41) is 31.2. The van der Waals surface area contributed by atoms with Crippen molar-refractivity contribution in [3.05, 3.63) is 153 Å². The van der Waals surface area contributed by atoms with E-state index in [9.17, 15) is 56.0 Å². The number of halogens is 6. The first kappa shape index (κ1) is 51.2. The van der Waals surface area contributed by atoms with Crippen molar-refractivity contribution in [1.29, 1.82) is 10.5 Å². The number of hydrogen-bond acceptors (Lipinski definition) is 9. The molecule has 378 valence electrons. The van der Waals surface area contributed by atoms with Crippen LogP contribution < -0.4 is 20.4 Å². The van der Waals surface area contributed by atoms with Crippen molar-refractivity contribution in [2.75, 3.05) is 75.2 Å². The molecule has 5 aliphatic heterocycles. The van der Waals surface area contributed by atoms with Crippen LogP contribution in [0.25, 0.3) is 0 Å². The maximum absolute atomic E-state index is 14.2. The van der Waals surface area contributed by atoms with Gasteiger partial charge < -0.3 is 35.3 Å². The number of nitriles is 2. The molecule has 5 aliphatic rings. The van der Waals surface area contributed by atoms with Gasteiger partial charge >= 0.3 is 24.4 Å². The van der Waals surface area contributed by atoms with Crippen LogP contribution in [0, 0.1) is 22.7 Å². The molecule has 0 spiro atoms. The minimum absolute atomic E-state index is 0.00259. The predicted molar refractivity (Wildman–Crippen MR) is 251 cm³/mol. The van der Waals surface area contributed by atoms with Gasteiger partial charge in [-0.25, -0.2) is 9.59 Å². The number of benzene rings is 4. The molecule has 0 bridgehead atoms. The highest BCUT2D eigenvalue weighted by Crippen LogP contribution is 2.42. The Morgan fingerprint density at radius 3 is 1.26 bits per heavy atom. The van der Waals surface area contributed by atoms with Crippen LogP contribution in [0.1, 0.15) is 58.3 Å². The lowest BCUT2D eigenvalue weighted by atomic mass is 9.94. The van der Waals surface area contributed by atoms with Crippen molar-refractivity contribution in [3.8, 4) is 12.1 Å². The topological polar surface area (TPSA) is 197 Å². The molecule has 1 saturated heterocycles.